The van der Waals surface area contributed by atoms with E-state index < -0.39 is 0 Å². The van der Waals surface area contributed by atoms with Crippen molar-refractivity contribution in [3.05, 3.63) is 63.8 Å². The maximum Gasteiger partial charge on any atom is 0.251 e. The van der Waals surface area contributed by atoms with Crippen LogP contribution >= 0.6 is 0 Å². The Kier molecular flexibility index (Phi) is 2.54. The molecule has 1 saturated carbocycles. The first-order chi connectivity index (χ1) is 8.74. The van der Waals surface area contributed by atoms with E-state index in [9.17, 15) is 4.79 Å². The van der Waals surface area contributed by atoms with Gasteiger partial charge in [-0.1, -0.05) is 37.3 Å². The zero-order valence-corrected chi connectivity index (χ0v) is 10.4. The molecule has 0 saturated heterocycles. The molecule has 3 nitrogen and oxygen atoms in total. The van der Waals surface area contributed by atoms with Crippen LogP contribution in [0.5, 0.6) is 0 Å². The van der Waals surface area contributed by atoms with Gasteiger partial charge in [0.1, 0.15) is 5.82 Å². The molecule has 1 N–H and O–H groups in total. The Morgan fingerprint density at radius 3 is 2.61 bits per heavy atom. The third kappa shape index (κ3) is 1.76. The lowest BCUT2D eigenvalue weighted by Gasteiger charge is -2.15. The number of hydrogen-bond donors (Lipinski definition) is 1. The van der Waals surface area contributed by atoms with Gasteiger partial charge in [-0.15, -0.1) is 0 Å². The molecule has 18 heavy (non-hydrogen) atoms. The van der Waals surface area contributed by atoms with Crippen molar-refractivity contribution in [1.29, 1.82) is 0 Å². The van der Waals surface area contributed by atoms with Gasteiger partial charge in [-0.3, -0.25) is 4.79 Å². The number of aryl methyl sites for hydroxylation is 1. The van der Waals surface area contributed by atoms with Crippen molar-refractivity contribution < 1.29 is 0 Å². The van der Waals surface area contributed by atoms with Crippen LogP contribution in [0.15, 0.2) is 41.2 Å². The summed E-state index contributed by atoms with van der Waals surface area (Å²) >= 11 is 0. The molecule has 92 valence electrons. The lowest BCUT2D eigenvalue weighted by Crippen LogP contribution is -2.20. The fraction of sp³-hybridized carbons (Fsp3) is 0.333. The van der Waals surface area contributed by atoms with Crippen LogP contribution in [0.25, 0.3) is 0 Å². The van der Waals surface area contributed by atoms with Crippen LogP contribution in [0.3, 0.4) is 0 Å². The third-order valence-electron chi connectivity index (χ3n) is 3.69. The first-order valence-electron chi connectivity index (χ1n) is 6.41. The van der Waals surface area contributed by atoms with Gasteiger partial charge in [0, 0.05) is 11.8 Å². The Bertz CT molecular complexity index is 612. The molecule has 0 aliphatic heterocycles. The molecule has 0 atom stereocenters. The van der Waals surface area contributed by atoms with Crippen molar-refractivity contribution >= 4 is 0 Å². The maximum absolute atomic E-state index is 11.7. The zero-order chi connectivity index (χ0) is 12.6. The summed E-state index contributed by atoms with van der Waals surface area (Å²) in [6.07, 6.45) is 2.92. The highest BCUT2D eigenvalue weighted by Crippen LogP contribution is 2.51. The summed E-state index contributed by atoms with van der Waals surface area (Å²) < 4.78 is 0. The quantitative estimate of drug-likeness (QED) is 0.895. The SMILES string of the molecule is CCc1cc(=O)[nH]c(C2(c3ccccc3)CC2)n1. The number of nitrogens with one attached hydrogen (secondary N) is 1. The van der Waals surface area contributed by atoms with E-state index in [2.05, 4.69) is 22.1 Å². The lowest BCUT2D eigenvalue weighted by atomic mass is 9.95. The van der Waals surface area contributed by atoms with Gasteiger partial charge in [-0.05, 0) is 24.8 Å². The zero-order valence-electron chi connectivity index (χ0n) is 10.4. The molecule has 1 aliphatic carbocycles. The van der Waals surface area contributed by atoms with E-state index in [4.69, 9.17) is 0 Å². The van der Waals surface area contributed by atoms with Gasteiger partial charge in [-0.2, -0.15) is 0 Å². The molecular formula is C15H16N2O. The van der Waals surface area contributed by atoms with Crippen molar-refractivity contribution in [3.63, 3.8) is 0 Å². The van der Waals surface area contributed by atoms with Crippen LogP contribution in [-0.4, -0.2) is 9.97 Å². The minimum Gasteiger partial charge on any atom is -0.310 e. The fourth-order valence-corrected chi connectivity index (χ4v) is 2.46. The predicted molar refractivity (Wildman–Crippen MR) is 70.7 cm³/mol. The number of aromatic nitrogens is 2. The summed E-state index contributed by atoms with van der Waals surface area (Å²) in [5.41, 5.74) is 2.03. The smallest absolute Gasteiger partial charge is 0.251 e. The van der Waals surface area contributed by atoms with Crippen molar-refractivity contribution in [2.24, 2.45) is 0 Å². The Morgan fingerprint density at radius 2 is 2.00 bits per heavy atom. The standard InChI is InChI=1S/C15H16N2O/c1-2-12-10-13(18)17-14(16-12)15(8-9-15)11-6-4-3-5-7-11/h3-7,10H,2,8-9H2,1H3,(H,16,17,18). The Morgan fingerprint density at radius 1 is 1.28 bits per heavy atom. The highest BCUT2D eigenvalue weighted by Gasteiger charge is 2.48. The number of rotatable bonds is 3. The summed E-state index contributed by atoms with van der Waals surface area (Å²) in [6.45, 7) is 2.02. The summed E-state index contributed by atoms with van der Waals surface area (Å²) in [5, 5.41) is 0. The second-order valence-corrected chi connectivity index (χ2v) is 4.89. The number of aromatic amines is 1. The van der Waals surface area contributed by atoms with Crippen LogP contribution in [-0.2, 0) is 11.8 Å². The molecule has 0 amide bonds. The van der Waals surface area contributed by atoms with E-state index >= 15 is 0 Å². The number of hydrogen-bond acceptors (Lipinski definition) is 2. The van der Waals surface area contributed by atoms with Gasteiger partial charge in [0.25, 0.3) is 5.56 Å². The van der Waals surface area contributed by atoms with E-state index in [1.807, 2.05) is 25.1 Å². The van der Waals surface area contributed by atoms with Crippen LogP contribution < -0.4 is 5.56 Å². The Hall–Kier alpha value is -1.90. The van der Waals surface area contributed by atoms with E-state index in [0.29, 0.717) is 0 Å². The highest BCUT2D eigenvalue weighted by atomic mass is 16.1. The predicted octanol–water partition coefficient (Wildman–Crippen LogP) is 2.41. The highest BCUT2D eigenvalue weighted by molar-refractivity contribution is 5.39. The fourth-order valence-electron chi connectivity index (χ4n) is 2.46. The summed E-state index contributed by atoms with van der Waals surface area (Å²) in [7, 11) is 0. The van der Waals surface area contributed by atoms with Crippen LogP contribution in [0, 0.1) is 0 Å². The third-order valence-corrected chi connectivity index (χ3v) is 3.69. The Balaban J connectivity index is 2.10. The average Bonchev–Trinajstić information content (AvgIpc) is 3.20. The van der Waals surface area contributed by atoms with Gasteiger partial charge in [0.2, 0.25) is 0 Å². The normalized spacial score (nSPS) is 16.5. The molecule has 3 heteroatoms. The summed E-state index contributed by atoms with van der Waals surface area (Å²) in [4.78, 5) is 19.2. The monoisotopic (exact) mass is 240 g/mol. The first-order valence-corrected chi connectivity index (χ1v) is 6.41. The van der Waals surface area contributed by atoms with E-state index in [0.717, 1.165) is 30.8 Å². The molecule has 1 aromatic heterocycles. The van der Waals surface area contributed by atoms with Gasteiger partial charge < -0.3 is 4.98 Å². The van der Waals surface area contributed by atoms with Crippen LogP contribution in [0.1, 0.15) is 36.8 Å². The number of H-pyrrole nitrogens is 1. The van der Waals surface area contributed by atoms with Crippen LogP contribution in [0.2, 0.25) is 0 Å². The van der Waals surface area contributed by atoms with Gasteiger partial charge >= 0.3 is 0 Å². The molecule has 0 radical (unpaired) electrons. The van der Waals surface area contributed by atoms with E-state index in [1.165, 1.54) is 5.56 Å². The summed E-state index contributed by atoms with van der Waals surface area (Å²) in [5.74, 6) is 0.832. The lowest BCUT2D eigenvalue weighted by molar-refractivity contribution is 0.732. The van der Waals surface area contributed by atoms with Crippen molar-refractivity contribution in [2.75, 3.05) is 0 Å². The molecule has 0 bridgehead atoms. The molecule has 0 unspecified atom stereocenters. The van der Waals surface area contributed by atoms with Crippen molar-refractivity contribution in [3.8, 4) is 0 Å². The van der Waals surface area contributed by atoms with Crippen molar-refractivity contribution in [2.45, 2.75) is 31.6 Å². The Labute approximate surface area is 106 Å². The van der Waals surface area contributed by atoms with Gasteiger partial charge in [0.15, 0.2) is 0 Å². The molecule has 0 spiro atoms. The maximum atomic E-state index is 11.7. The molecule has 1 aliphatic rings. The number of benzene rings is 1. The van der Waals surface area contributed by atoms with Gasteiger partial charge in [0.05, 0.1) is 5.41 Å². The molecule has 1 heterocycles. The minimum atomic E-state index is -0.0500. The number of nitrogens with zero attached hydrogens (tertiary/aromatic N) is 1. The largest absolute Gasteiger partial charge is 0.310 e. The molecule has 1 aromatic carbocycles. The average molecular weight is 240 g/mol. The molecular weight excluding hydrogens is 224 g/mol. The molecule has 3 rings (SSSR count). The topological polar surface area (TPSA) is 45.8 Å². The second kappa shape index (κ2) is 4.09. The first kappa shape index (κ1) is 11.2. The van der Waals surface area contributed by atoms with Crippen molar-refractivity contribution in [1.82, 2.24) is 9.97 Å². The van der Waals surface area contributed by atoms with Crippen LogP contribution in [0.4, 0.5) is 0 Å². The summed E-state index contributed by atoms with van der Waals surface area (Å²) in [6, 6.07) is 11.9. The minimum absolute atomic E-state index is 0.0425. The van der Waals surface area contributed by atoms with Gasteiger partial charge in [-0.25, -0.2) is 4.98 Å². The second-order valence-electron chi connectivity index (χ2n) is 4.89. The molecule has 1 fully saturated rings. The molecule has 2 aromatic rings. The van der Waals surface area contributed by atoms with E-state index in [-0.39, 0.29) is 11.0 Å². The van der Waals surface area contributed by atoms with E-state index in [1.54, 1.807) is 6.07 Å².